The van der Waals surface area contributed by atoms with Gasteiger partial charge >= 0.3 is 5.97 Å². The summed E-state index contributed by atoms with van der Waals surface area (Å²) in [6.07, 6.45) is -0.197. The summed E-state index contributed by atoms with van der Waals surface area (Å²) in [5.41, 5.74) is 5.96. The van der Waals surface area contributed by atoms with Gasteiger partial charge in [0.2, 0.25) is 0 Å². The van der Waals surface area contributed by atoms with Gasteiger partial charge in [0.25, 0.3) is 5.91 Å². The topological polar surface area (TPSA) is 69.6 Å². The van der Waals surface area contributed by atoms with Crippen molar-refractivity contribution in [1.29, 1.82) is 0 Å². The van der Waals surface area contributed by atoms with Gasteiger partial charge in [0, 0.05) is 29.2 Å². The van der Waals surface area contributed by atoms with E-state index in [0.29, 0.717) is 22.8 Å². The molecule has 4 aromatic rings. The summed E-state index contributed by atoms with van der Waals surface area (Å²) in [7, 11) is 3.28. The maximum Gasteiger partial charge on any atom is 0.346 e. The average molecular weight is 593 g/mol. The minimum atomic E-state index is -0.796. The molecule has 0 spiro atoms. The van der Waals surface area contributed by atoms with Crippen LogP contribution in [0.3, 0.4) is 0 Å². The lowest BCUT2D eigenvalue weighted by molar-refractivity contribution is -0.147. The van der Waals surface area contributed by atoms with Gasteiger partial charge < -0.3 is 19.4 Å². The number of nitrogens with one attached hydrogen (secondary N) is 1. The van der Waals surface area contributed by atoms with Gasteiger partial charge in [-0.05, 0) is 91.3 Å². The largest absolute Gasteiger partial charge is 0.477 e. The number of rotatable bonds is 8. The Bertz CT molecular complexity index is 1650. The number of hydrogen-bond acceptors (Lipinski definition) is 4. The van der Waals surface area contributed by atoms with Crippen LogP contribution in [0.25, 0.3) is 10.9 Å². The number of esters is 1. The highest BCUT2D eigenvalue weighted by Gasteiger charge is 2.21. The van der Waals surface area contributed by atoms with Crippen molar-refractivity contribution in [3.05, 3.63) is 98.9 Å². The number of fused-ring (bicyclic) bond motifs is 1. The predicted octanol–water partition coefficient (Wildman–Crippen LogP) is 7.60. The lowest BCUT2D eigenvalue weighted by Gasteiger charge is -2.22. The number of aryl methyl sites for hydroxylation is 1. The van der Waals surface area contributed by atoms with E-state index in [-0.39, 0.29) is 23.2 Å². The summed E-state index contributed by atoms with van der Waals surface area (Å²) in [5.74, 6) is -0.623. The third-order valence-corrected chi connectivity index (χ3v) is 8.05. The fourth-order valence-corrected chi connectivity index (χ4v) is 5.18. The van der Waals surface area contributed by atoms with Crippen LogP contribution in [0.5, 0.6) is 5.75 Å². The maximum absolute atomic E-state index is 14.4. The quantitative estimate of drug-likeness (QED) is 0.214. The number of ether oxygens (including phenoxy) is 2. The first-order chi connectivity index (χ1) is 19.7. The molecule has 222 valence electrons. The van der Waals surface area contributed by atoms with Gasteiger partial charge in [0.05, 0.1) is 18.2 Å². The molecule has 1 amide bonds. The molecule has 0 fully saturated rings. The summed E-state index contributed by atoms with van der Waals surface area (Å²) in [4.78, 5) is 25.1. The van der Waals surface area contributed by atoms with Crippen LogP contribution in [0.1, 0.15) is 79.0 Å². The van der Waals surface area contributed by atoms with Crippen LogP contribution in [0.4, 0.5) is 4.39 Å². The van der Waals surface area contributed by atoms with E-state index in [1.807, 2.05) is 78.1 Å². The van der Waals surface area contributed by atoms with Crippen LogP contribution in [-0.4, -0.2) is 29.7 Å². The van der Waals surface area contributed by atoms with Crippen LogP contribution in [0.15, 0.2) is 54.6 Å². The third kappa shape index (κ3) is 6.62. The number of carbonyl (C=O) groups is 2. The standard InChI is InChI=1S/C34H38ClFN2O4/c1-19(24-15-25(34(4,5)6)18-26(36)16-24)37-32(39)23-10-11-27-28(20(2)38(7)30(27)17-23)13-22-9-12-29(35)31(14-22)42-21(3)33(40)41-8/h9-12,14-19,21H,13H2,1-8H3,(H,37,39)/t19-,21-/m0/s1. The Morgan fingerprint density at radius 1 is 1.05 bits per heavy atom. The molecule has 0 aliphatic rings. The van der Waals surface area contributed by atoms with Crippen molar-refractivity contribution in [2.45, 2.75) is 65.5 Å². The van der Waals surface area contributed by atoms with E-state index in [2.05, 4.69) is 9.88 Å². The molecule has 1 heterocycles. The summed E-state index contributed by atoms with van der Waals surface area (Å²) in [6.45, 7) is 11.6. The highest BCUT2D eigenvalue weighted by atomic mass is 35.5. The fourth-order valence-electron chi connectivity index (χ4n) is 5.02. The zero-order chi connectivity index (χ0) is 30.9. The molecular weight excluding hydrogens is 555 g/mol. The molecule has 0 saturated heterocycles. The zero-order valence-electron chi connectivity index (χ0n) is 25.4. The van der Waals surface area contributed by atoms with Crippen LogP contribution in [0.2, 0.25) is 5.02 Å². The SMILES string of the molecule is COC(=O)[C@H](C)Oc1cc(Cc2c(C)n(C)c3cc(C(=O)N[C@@H](C)c4cc(F)cc(C(C)(C)C)c4)ccc23)ccc1Cl. The Morgan fingerprint density at radius 2 is 1.76 bits per heavy atom. The Morgan fingerprint density at radius 3 is 2.43 bits per heavy atom. The smallest absolute Gasteiger partial charge is 0.346 e. The Hall–Kier alpha value is -3.84. The Kier molecular flexibility index (Phi) is 9.02. The summed E-state index contributed by atoms with van der Waals surface area (Å²) < 4.78 is 27.0. The Labute approximate surface area is 251 Å². The molecular formula is C34H38ClFN2O4. The number of nitrogens with zero attached hydrogens (tertiary/aromatic N) is 1. The number of benzene rings is 3. The van der Waals surface area contributed by atoms with E-state index in [0.717, 1.165) is 38.9 Å². The first-order valence-electron chi connectivity index (χ1n) is 13.9. The number of aromatic nitrogens is 1. The van der Waals surface area contributed by atoms with Crippen molar-refractivity contribution in [2.75, 3.05) is 7.11 Å². The van der Waals surface area contributed by atoms with E-state index >= 15 is 0 Å². The molecule has 0 unspecified atom stereocenters. The normalized spacial score (nSPS) is 13.1. The molecule has 0 saturated carbocycles. The lowest BCUT2D eigenvalue weighted by Crippen LogP contribution is -2.27. The van der Waals surface area contributed by atoms with Crippen molar-refractivity contribution in [3.8, 4) is 5.75 Å². The maximum atomic E-state index is 14.4. The molecule has 8 heteroatoms. The molecule has 4 rings (SSSR count). The number of amides is 1. The summed E-state index contributed by atoms with van der Waals surface area (Å²) in [6, 6.07) is 15.8. The summed E-state index contributed by atoms with van der Waals surface area (Å²) >= 11 is 6.34. The second-order valence-corrected chi connectivity index (χ2v) is 12.2. The molecule has 2 atom stereocenters. The molecule has 0 radical (unpaired) electrons. The van der Waals surface area contributed by atoms with Gasteiger partial charge in [-0.3, -0.25) is 4.79 Å². The van der Waals surface area contributed by atoms with Crippen molar-refractivity contribution >= 4 is 34.4 Å². The number of hydrogen-bond donors (Lipinski definition) is 1. The van der Waals surface area contributed by atoms with Crippen LogP contribution < -0.4 is 10.1 Å². The van der Waals surface area contributed by atoms with Crippen molar-refractivity contribution < 1.29 is 23.5 Å². The molecule has 0 aliphatic heterocycles. The molecule has 0 aliphatic carbocycles. The number of methoxy groups -OCH3 is 1. The first kappa shape index (κ1) is 31.1. The predicted molar refractivity (Wildman–Crippen MR) is 165 cm³/mol. The van der Waals surface area contributed by atoms with Crippen molar-refractivity contribution in [3.63, 3.8) is 0 Å². The first-order valence-corrected chi connectivity index (χ1v) is 14.3. The van der Waals surface area contributed by atoms with E-state index in [1.165, 1.54) is 13.2 Å². The van der Waals surface area contributed by atoms with E-state index < -0.39 is 12.1 Å². The minimum Gasteiger partial charge on any atom is -0.477 e. The second-order valence-electron chi connectivity index (χ2n) is 11.8. The van der Waals surface area contributed by atoms with Gasteiger partial charge in [-0.1, -0.05) is 50.6 Å². The second kappa shape index (κ2) is 12.2. The average Bonchev–Trinajstić information content (AvgIpc) is 3.17. The third-order valence-electron chi connectivity index (χ3n) is 7.73. The lowest BCUT2D eigenvalue weighted by atomic mass is 9.85. The highest BCUT2D eigenvalue weighted by Crippen LogP contribution is 2.32. The van der Waals surface area contributed by atoms with Crippen molar-refractivity contribution in [1.82, 2.24) is 9.88 Å². The molecule has 42 heavy (non-hydrogen) atoms. The zero-order valence-corrected chi connectivity index (χ0v) is 26.2. The van der Waals surface area contributed by atoms with Crippen LogP contribution in [0, 0.1) is 12.7 Å². The van der Waals surface area contributed by atoms with E-state index in [1.54, 1.807) is 19.1 Å². The minimum absolute atomic E-state index is 0.212. The van der Waals surface area contributed by atoms with Gasteiger partial charge in [0.1, 0.15) is 11.6 Å². The molecule has 3 aromatic carbocycles. The van der Waals surface area contributed by atoms with Crippen LogP contribution in [-0.2, 0) is 28.4 Å². The Balaban J connectivity index is 1.58. The molecule has 6 nitrogen and oxygen atoms in total. The molecule has 1 N–H and O–H groups in total. The molecule has 1 aromatic heterocycles. The fraction of sp³-hybridized carbons (Fsp3) is 0.353. The van der Waals surface area contributed by atoms with Gasteiger partial charge in [-0.2, -0.15) is 0 Å². The van der Waals surface area contributed by atoms with Gasteiger partial charge in [-0.15, -0.1) is 0 Å². The van der Waals surface area contributed by atoms with Crippen LogP contribution >= 0.6 is 11.6 Å². The number of carbonyl (C=O) groups excluding carboxylic acids is 2. The van der Waals surface area contributed by atoms with E-state index in [4.69, 9.17) is 21.1 Å². The van der Waals surface area contributed by atoms with Gasteiger partial charge in [-0.25, -0.2) is 9.18 Å². The monoisotopic (exact) mass is 592 g/mol. The number of halogens is 2. The summed E-state index contributed by atoms with van der Waals surface area (Å²) in [5, 5.41) is 4.46. The van der Waals surface area contributed by atoms with Crippen molar-refractivity contribution in [2.24, 2.45) is 7.05 Å². The highest BCUT2D eigenvalue weighted by molar-refractivity contribution is 6.32. The van der Waals surface area contributed by atoms with Gasteiger partial charge in [0.15, 0.2) is 6.10 Å². The van der Waals surface area contributed by atoms with E-state index in [9.17, 15) is 14.0 Å². The molecule has 0 bridgehead atoms.